The van der Waals surface area contributed by atoms with E-state index in [0.29, 0.717) is 19.4 Å². The number of hydrogen-bond donors (Lipinski definition) is 1. The van der Waals surface area contributed by atoms with Gasteiger partial charge in [0, 0.05) is 25.7 Å². The third-order valence-corrected chi connectivity index (χ3v) is 4.01. The zero-order valence-electron chi connectivity index (χ0n) is 13.6. The molecular formula is C16H18FN3O4. The molecule has 0 radical (unpaired) electrons. The van der Waals surface area contributed by atoms with Gasteiger partial charge >= 0.3 is 0 Å². The Morgan fingerprint density at radius 3 is 2.67 bits per heavy atom. The standard InChI is InChI=1S/C16H18FN3O4/c1-8-5-20(6-9(2)23-8)14-10(7-21)4-11-13(16(22)18-3)19-24-15(11)12(14)17/h4,7-9H,5-6H2,1-3H3,(H,18,22)/t8-,9+. The van der Waals surface area contributed by atoms with Crippen LogP contribution in [0.5, 0.6) is 0 Å². The fraction of sp³-hybridized carbons (Fsp3) is 0.438. The first-order valence-corrected chi connectivity index (χ1v) is 7.65. The molecule has 1 aliphatic heterocycles. The highest BCUT2D eigenvalue weighted by molar-refractivity contribution is 6.06. The molecule has 1 aromatic carbocycles. The molecule has 2 aromatic rings. The van der Waals surface area contributed by atoms with Gasteiger partial charge in [0.2, 0.25) is 5.58 Å². The van der Waals surface area contributed by atoms with Crippen LogP contribution >= 0.6 is 0 Å². The van der Waals surface area contributed by atoms with Crippen LogP contribution in [0.4, 0.5) is 10.1 Å². The van der Waals surface area contributed by atoms with Crippen LogP contribution < -0.4 is 10.2 Å². The second-order valence-electron chi connectivity index (χ2n) is 5.90. The zero-order chi connectivity index (χ0) is 17.4. The number of rotatable bonds is 3. The molecule has 0 saturated carbocycles. The highest BCUT2D eigenvalue weighted by atomic mass is 19.1. The molecule has 1 saturated heterocycles. The normalized spacial score (nSPS) is 21.1. The Balaban J connectivity index is 2.16. The number of morpholine rings is 1. The first-order valence-electron chi connectivity index (χ1n) is 7.65. The van der Waals surface area contributed by atoms with Gasteiger partial charge < -0.3 is 19.5 Å². The number of fused-ring (bicyclic) bond motifs is 1. The minimum atomic E-state index is -0.696. The minimum absolute atomic E-state index is 0.0511. The smallest absolute Gasteiger partial charge is 0.273 e. The maximum absolute atomic E-state index is 15.0. The number of carbonyl (C=O) groups excluding carboxylic acids is 2. The first kappa shape index (κ1) is 16.4. The van der Waals surface area contributed by atoms with Crippen LogP contribution in [0.3, 0.4) is 0 Å². The monoisotopic (exact) mass is 335 g/mol. The predicted octanol–water partition coefficient (Wildman–Crippen LogP) is 1.75. The molecule has 0 aliphatic carbocycles. The van der Waals surface area contributed by atoms with Gasteiger partial charge in [0.15, 0.2) is 17.8 Å². The third-order valence-electron chi connectivity index (χ3n) is 4.01. The first-order chi connectivity index (χ1) is 11.5. The Morgan fingerprint density at radius 2 is 2.08 bits per heavy atom. The van der Waals surface area contributed by atoms with E-state index in [2.05, 4.69) is 10.5 Å². The molecule has 128 valence electrons. The van der Waals surface area contributed by atoms with Crippen molar-refractivity contribution in [3.05, 3.63) is 23.1 Å². The van der Waals surface area contributed by atoms with E-state index in [4.69, 9.17) is 9.26 Å². The Bertz CT molecular complexity index is 794. The molecule has 3 rings (SSSR count). The van der Waals surface area contributed by atoms with E-state index in [1.165, 1.54) is 13.1 Å². The van der Waals surface area contributed by atoms with Gasteiger partial charge in [-0.1, -0.05) is 5.16 Å². The summed E-state index contributed by atoms with van der Waals surface area (Å²) in [7, 11) is 1.44. The zero-order valence-corrected chi connectivity index (χ0v) is 13.6. The highest BCUT2D eigenvalue weighted by Gasteiger charge is 2.30. The van der Waals surface area contributed by atoms with Crippen molar-refractivity contribution in [3.8, 4) is 0 Å². The summed E-state index contributed by atoms with van der Waals surface area (Å²) in [5, 5.41) is 6.21. The second kappa shape index (κ2) is 6.20. The molecule has 0 spiro atoms. The third kappa shape index (κ3) is 2.62. The number of hydrogen-bond acceptors (Lipinski definition) is 6. The number of amides is 1. The molecule has 1 fully saturated rings. The lowest BCUT2D eigenvalue weighted by Crippen LogP contribution is -2.46. The van der Waals surface area contributed by atoms with Crippen LogP contribution in [0, 0.1) is 5.82 Å². The van der Waals surface area contributed by atoms with Crippen molar-refractivity contribution in [3.63, 3.8) is 0 Å². The van der Waals surface area contributed by atoms with E-state index in [-0.39, 0.29) is 40.1 Å². The van der Waals surface area contributed by atoms with Crippen LogP contribution in [0.25, 0.3) is 11.0 Å². The van der Waals surface area contributed by atoms with Crippen LogP contribution in [-0.4, -0.2) is 49.7 Å². The maximum Gasteiger partial charge on any atom is 0.273 e. The number of nitrogens with zero attached hydrogens (tertiary/aromatic N) is 2. The number of nitrogens with one attached hydrogen (secondary N) is 1. The van der Waals surface area contributed by atoms with Crippen LogP contribution in [0.2, 0.25) is 0 Å². The summed E-state index contributed by atoms with van der Waals surface area (Å²) in [5.74, 6) is -1.20. The summed E-state index contributed by atoms with van der Waals surface area (Å²) in [5.41, 5.74) is 0.111. The number of carbonyl (C=O) groups is 2. The molecule has 1 aromatic heterocycles. The quantitative estimate of drug-likeness (QED) is 0.860. The molecule has 2 atom stereocenters. The average molecular weight is 335 g/mol. The molecule has 1 aliphatic rings. The number of aromatic nitrogens is 1. The SMILES string of the molecule is CNC(=O)c1noc2c(F)c(N3C[C@@H](C)O[C@@H](C)C3)c(C=O)cc12. The average Bonchev–Trinajstić information content (AvgIpc) is 2.97. The van der Waals surface area contributed by atoms with Crippen LogP contribution in [0.1, 0.15) is 34.7 Å². The van der Waals surface area contributed by atoms with Crippen molar-refractivity contribution in [1.29, 1.82) is 0 Å². The van der Waals surface area contributed by atoms with E-state index in [0.717, 1.165) is 0 Å². The second-order valence-corrected chi connectivity index (χ2v) is 5.90. The number of halogens is 1. The summed E-state index contributed by atoms with van der Waals surface area (Å²) >= 11 is 0. The molecular weight excluding hydrogens is 317 g/mol. The Hall–Kier alpha value is -2.48. The Morgan fingerprint density at radius 1 is 1.42 bits per heavy atom. The van der Waals surface area contributed by atoms with Crippen molar-refractivity contribution in [2.45, 2.75) is 26.1 Å². The van der Waals surface area contributed by atoms with E-state index in [1.54, 1.807) is 4.90 Å². The van der Waals surface area contributed by atoms with Crippen LogP contribution in [-0.2, 0) is 4.74 Å². The Kier molecular flexibility index (Phi) is 4.23. The van der Waals surface area contributed by atoms with E-state index < -0.39 is 11.7 Å². The molecule has 1 N–H and O–H groups in total. The van der Waals surface area contributed by atoms with Gasteiger partial charge in [-0.2, -0.15) is 0 Å². The van der Waals surface area contributed by atoms with Gasteiger partial charge in [0.1, 0.15) is 0 Å². The van der Waals surface area contributed by atoms with E-state index in [1.807, 2.05) is 13.8 Å². The van der Waals surface area contributed by atoms with Gasteiger partial charge in [-0.15, -0.1) is 0 Å². The summed E-state index contributed by atoms with van der Waals surface area (Å²) in [6.45, 7) is 4.67. The highest BCUT2D eigenvalue weighted by Crippen LogP contribution is 2.34. The summed E-state index contributed by atoms with van der Waals surface area (Å²) in [6.07, 6.45) is 0.377. The van der Waals surface area contributed by atoms with E-state index >= 15 is 4.39 Å². The topological polar surface area (TPSA) is 84.7 Å². The van der Waals surface area contributed by atoms with Crippen molar-refractivity contribution in [2.24, 2.45) is 0 Å². The van der Waals surface area contributed by atoms with Gasteiger partial charge in [0.05, 0.1) is 23.3 Å². The number of ether oxygens (including phenoxy) is 1. The lowest BCUT2D eigenvalue weighted by Gasteiger charge is -2.37. The number of benzene rings is 1. The fourth-order valence-corrected chi connectivity index (χ4v) is 3.10. The summed E-state index contributed by atoms with van der Waals surface area (Å²) < 4.78 is 25.7. The number of anilines is 1. The van der Waals surface area contributed by atoms with Crippen molar-refractivity contribution >= 4 is 28.8 Å². The van der Waals surface area contributed by atoms with Gasteiger partial charge in [-0.25, -0.2) is 4.39 Å². The minimum Gasteiger partial charge on any atom is -0.372 e. The van der Waals surface area contributed by atoms with Gasteiger partial charge in [0.25, 0.3) is 5.91 Å². The largest absolute Gasteiger partial charge is 0.372 e. The van der Waals surface area contributed by atoms with Crippen molar-refractivity contribution in [2.75, 3.05) is 25.0 Å². The van der Waals surface area contributed by atoms with Crippen LogP contribution in [0.15, 0.2) is 10.6 Å². The summed E-state index contributed by atoms with van der Waals surface area (Å²) in [4.78, 5) is 25.1. The van der Waals surface area contributed by atoms with Crippen molar-refractivity contribution < 1.29 is 23.2 Å². The molecule has 24 heavy (non-hydrogen) atoms. The maximum atomic E-state index is 15.0. The number of aldehydes is 1. The Labute approximate surface area is 137 Å². The predicted molar refractivity (Wildman–Crippen MR) is 85.0 cm³/mol. The van der Waals surface area contributed by atoms with Crippen molar-refractivity contribution in [1.82, 2.24) is 10.5 Å². The molecule has 7 nitrogen and oxygen atoms in total. The van der Waals surface area contributed by atoms with Gasteiger partial charge in [-0.05, 0) is 19.9 Å². The lowest BCUT2D eigenvalue weighted by atomic mass is 10.1. The molecule has 2 heterocycles. The van der Waals surface area contributed by atoms with E-state index in [9.17, 15) is 9.59 Å². The molecule has 0 unspecified atom stereocenters. The molecule has 8 heteroatoms. The molecule has 1 amide bonds. The lowest BCUT2D eigenvalue weighted by molar-refractivity contribution is -0.00543. The van der Waals surface area contributed by atoms with Gasteiger partial charge in [-0.3, -0.25) is 9.59 Å². The molecule has 0 bridgehead atoms. The fourth-order valence-electron chi connectivity index (χ4n) is 3.10. The summed E-state index contributed by atoms with van der Waals surface area (Å²) in [6, 6.07) is 1.44.